The molecule has 0 aliphatic rings. The van der Waals surface area contributed by atoms with E-state index in [1.54, 1.807) is 25.7 Å². The maximum atomic E-state index is 5.19. The molecule has 2 N–H and O–H groups in total. The van der Waals surface area contributed by atoms with Crippen LogP contribution in [0.5, 0.6) is 5.75 Å². The van der Waals surface area contributed by atoms with Crippen molar-refractivity contribution in [3.63, 3.8) is 0 Å². The van der Waals surface area contributed by atoms with Gasteiger partial charge in [-0.25, -0.2) is 4.98 Å². The number of rotatable bonds is 5. The van der Waals surface area contributed by atoms with Gasteiger partial charge in [0.15, 0.2) is 5.82 Å². The first-order valence-corrected chi connectivity index (χ1v) is 8.02. The van der Waals surface area contributed by atoms with E-state index < -0.39 is 0 Å². The average Bonchev–Trinajstić information content (AvgIpc) is 3.16. The van der Waals surface area contributed by atoms with Crippen molar-refractivity contribution < 1.29 is 4.74 Å². The van der Waals surface area contributed by atoms with Crippen LogP contribution in [0.1, 0.15) is 5.56 Å². The highest BCUT2D eigenvalue weighted by Crippen LogP contribution is 2.22. The van der Waals surface area contributed by atoms with E-state index in [4.69, 9.17) is 4.74 Å². The first-order valence-electron chi connectivity index (χ1n) is 8.02. The Morgan fingerprint density at radius 3 is 2.65 bits per heavy atom. The molecule has 128 valence electrons. The summed E-state index contributed by atoms with van der Waals surface area (Å²) in [5.41, 5.74) is 7.30. The Labute approximate surface area is 149 Å². The number of methoxy groups -OCH3 is 1. The number of aromatic amines is 1. The van der Waals surface area contributed by atoms with Gasteiger partial charge in [-0.1, -0.05) is 12.1 Å². The van der Waals surface area contributed by atoms with E-state index in [9.17, 15) is 0 Å². The summed E-state index contributed by atoms with van der Waals surface area (Å²) in [6.07, 6.45) is 5.07. The molecular weight excluding hydrogens is 328 g/mol. The molecule has 0 aliphatic heterocycles. The van der Waals surface area contributed by atoms with Crippen LogP contribution >= 0.6 is 0 Å². The van der Waals surface area contributed by atoms with Gasteiger partial charge in [-0.05, 0) is 36.4 Å². The predicted octanol–water partition coefficient (Wildman–Crippen LogP) is 3.47. The summed E-state index contributed by atoms with van der Waals surface area (Å²) >= 11 is 0. The highest BCUT2D eigenvalue weighted by Gasteiger charge is 2.06. The Morgan fingerprint density at radius 2 is 1.85 bits per heavy atom. The van der Waals surface area contributed by atoms with Gasteiger partial charge in [-0.2, -0.15) is 10.2 Å². The van der Waals surface area contributed by atoms with Crippen molar-refractivity contribution in [2.75, 3.05) is 12.5 Å². The van der Waals surface area contributed by atoms with Gasteiger partial charge >= 0.3 is 0 Å². The van der Waals surface area contributed by atoms with Crippen molar-refractivity contribution in [1.82, 2.24) is 20.2 Å². The lowest BCUT2D eigenvalue weighted by molar-refractivity contribution is 0.415. The van der Waals surface area contributed by atoms with E-state index in [0.29, 0.717) is 5.82 Å². The Kier molecular flexibility index (Phi) is 4.26. The lowest BCUT2D eigenvalue weighted by atomic mass is 10.1. The molecule has 7 nitrogen and oxygen atoms in total. The van der Waals surface area contributed by atoms with Gasteiger partial charge in [-0.15, -0.1) is 0 Å². The molecule has 0 atom stereocenters. The van der Waals surface area contributed by atoms with Crippen LogP contribution in [-0.4, -0.2) is 33.5 Å². The minimum atomic E-state index is 0.578. The smallest absolute Gasteiger partial charge is 0.165 e. The monoisotopic (exact) mass is 344 g/mol. The molecule has 4 aromatic rings. The predicted molar refractivity (Wildman–Crippen MR) is 101 cm³/mol. The van der Waals surface area contributed by atoms with Crippen molar-refractivity contribution >= 4 is 23.1 Å². The van der Waals surface area contributed by atoms with Gasteiger partial charge < -0.3 is 4.74 Å². The Hall–Kier alpha value is -3.74. The molecule has 2 heterocycles. The maximum absolute atomic E-state index is 5.19. The highest BCUT2D eigenvalue weighted by molar-refractivity contribution is 5.88. The minimum absolute atomic E-state index is 0.578. The van der Waals surface area contributed by atoms with E-state index in [0.717, 1.165) is 33.6 Å². The van der Waals surface area contributed by atoms with Gasteiger partial charge in [0.1, 0.15) is 5.75 Å². The highest BCUT2D eigenvalue weighted by atomic mass is 16.5. The Morgan fingerprint density at radius 1 is 1.04 bits per heavy atom. The molecule has 0 radical (unpaired) electrons. The molecule has 0 spiro atoms. The maximum Gasteiger partial charge on any atom is 0.165 e. The van der Waals surface area contributed by atoms with Crippen LogP contribution in [0.4, 0.5) is 5.82 Å². The normalized spacial score (nSPS) is 11.1. The lowest BCUT2D eigenvalue weighted by Crippen LogP contribution is -1.95. The first-order chi connectivity index (χ1) is 12.8. The second-order valence-corrected chi connectivity index (χ2v) is 5.54. The van der Waals surface area contributed by atoms with Crippen LogP contribution in [0.3, 0.4) is 0 Å². The largest absolute Gasteiger partial charge is 0.497 e. The van der Waals surface area contributed by atoms with E-state index >= 15 is 0 Å². The van der Waals surface area contributed by atoms with Crippen molar-refractivity contribution in [2.45, 2.75) is 0 Å². The van der Waals surface area contributed by atoms with Gasteiger partial charge in [0.05, 0.1) is 42.4 Å². The topological polar surface area (TPSA) is 88.1 Å². The quantitative estimate of drug-likeness (QED) is 0.427. The fourth-order valence-electron chi connectivity index (χ4n) is 2.56. The number of ether oxygens (including phenoxy) is 1. The number of benzene rings is 2. The SMILES string of the molecule is COc1ccc(-c2[nH]ncc2/C=N\Nc2cnc3ccccc3n2)cc1. The van der Waals surface area contributed by atoms with Crippen LogP contribution < -0.4 is 10.2 Å². The number of anilines is 1. The van der Waals surface area contributed by atoms with E-state index in [1.807, 2.05) is 48.5 Å². The number of nitrogens with one attached hydrogen (secondary N) is 2. The third-order valence-corrected chi connectivity index (χ3v) is 3.88. The Bertz CT molecular complexity index is 1060. The van der Waals surface area contributed by atoms with Gasteiger partial charge in [0, 0.05) is 11.1 Å². The van der Waals surface area contributed by atoms with Crippen LogP contribution in [-0.2, 0) is 0 Å². The first kappa shape index (κ1) is 15.8. The summed E-state index contributed by atoms with van der Waals surface area (Å²) in [5, 5.41) is 11.3. The third-order valence-electron chi connectivity index (χ3n) is 3.88. The molecule has 0 bridgehead atoms. The third kappa shape index (κ3) is 3.23. The number of fused-ring (bicyclic) bond motifs is 1. The molecule has 0 unspecified atom stereocenters. The average molecular weight is 344 g/mol. The minimum Gasteiger partial charge on any atom is -0.497 e. The summed E-state index contributed by atoms with van der Waals surface area (Å²) in [7, 11) is 1.64. The molecule has 0 saturated heterocycles. The van der Waals surface area contributed by atoms with Gasteiger partial charge in [-0.3, -0.25) is 15.5 Å². The zero-order valence-electron chi connectivity index (χ0n) is 14.0. The number of hydrazone groups is 1. The number of nitrogens with zero attached hydrogens (tertiary/aromatic N) is 4. The van der Waals surface area contributed by atoms with E-state index in [1.165, 1.54) is 0 Å². The van der Waals surface area contributed by atoms with Gasteiger partial charge in [0.25, 0.3) is 0 Å². The van der Waals surface area contributed by atoms with Crippen molar-refractivity contribution in [2.24, 2.45) is 5.10 Å². The molecular formula is C19H16N6O. The zero-order chi connectivity index (χ0) is 17.8. The zero-order valence-corrected chi connectivity index (χ0v) is 14.0. The number of aromatic nitrogens is 4. The van der Waals surface area contributed by atoms with Crippen LogP contribution in [0.15, 0.2) is 66.0 Å². The van der Waals surface area contributed by atoms with Crippen LogP contribution in [0.2, 0.25) is 0 Å². The molecule has 4 rings (SSSR count). The van der Waals surface area contributed by atoms with Crippen molar-refractivity contribution in [1.29, 1.82) is 0 Å². The molecule has 7 heteroatoms. The van der Waals surface area contributed by atoms with E-state index in [-0.39, 0.29) is 0 Å². The molecule has 0 fully saturated rings. The second-order valence-electron chi connectivity index (χ2n) is 5.54. The number of hydrogen-bond donors (Lipinski definition) is 2. The molecule has 0 aliphatic carbocycles. The van der Waals surface area contributed by atoms with Gasteiger partial charge in [0.2, 0.25) is 0 Å². The molecule has 2 aromatic heterocycles. The summed E-state index contributed by atoms with van der Waals surface area (Å²) < 4.78 is 5.19. The van der Waals surface area contributed by atoms with E-state index in [2.05, 4.69) is 30.7 Å². The number of para-hydroxylation sites is 2. The Balaban J connectivity index is 1.52. The summed E-state index contributed by atoms with van der Waals surface area (Å²) in [6, 6.07) is 15.4. The molecule has 0 saturated carbocycles. The molecule has 2 aromatic carbocycles. The van der Waals surface area contributed by atoms with Crippen LogP contribution in [0, 0.1) is 0 Å². The fraction of sp³-hybridized carbons (Fsp3) is 0.0526. The van der Waals surface area contributed by atoms with Crippen molar-refractivity contribution in [3.8, 4) is 17.0 Å². The summed E-state index contributed by atoms with van der Waals surface area (Å²) in [4.78, 5) is 8.82. The number of H-pyrrole nitrogens is 1. The standard InChI is InChI=1S/C19H16N6O/c1-26-15-8-6-13(7-9-15)19-14(11-22-25-19)10-21-24-18-12-20-16-4-2-3-5-17(16)23-18/h2-12H,1H3,(H,22,25)(H,23,24)/b21-10-. The lowest BCUT2D eigenvalue weighted by Gasteiger charge is -2.03. The molecule has 26 heavy (non-hydrogen) atoms. The fourth-order valence-corrected chi connectivity index (χ4v) is 2.56. The number of hydrogen-bond acceptors (Lipinski definition) is 6. The van der Waals surface area contributed by atoms with Crippen molar-refractivity contribution in [3.05, 3.63) is 66.5 Å². The molecule has 0 amide bonds. The summed E-state index contributed by atoms with van der Waals surface area (Å²) in [6.45, 7) is 0. The summed E-state index contributed by atoms with van der Waals surface area (Å²) in [5.74, 6) is 1.38. The van der Waals surface area contributed by atoms with Crippen LogP contribution in [0.25, 0.3) is 22.3 Å². The second kappa shape index (κ2) is 7.02.